The minimum atomic E-state index is -0.582. The van der Waals surface area contributed by atoms with Gasteiger partial charge in [-0.15, -0.1) is 46.4 Å². The van der Waals surface area contributed by atoms with Crippen LogP contribution in [0.5, 0.6) is 23.0 Å². The van der Waals surface area contributed by atoms with E-state index in [1.54, 1.807) is 48.5 Å². The molecule has 0 aliphatic carbocycles. The lowest BCUT2D eigenvalue weighted by Crippen LogP contribution is -2.09. The van der Waals surface area contributed by atoms with Gasteiger partial charge in [-0.3, -0.25) is 9.59 Å². The van der Waals surface area contributed by atoms with E-state index in [9.17, 15) is 9.59 Å². The third-order valence-corrected chi connectivity index (χ3v) is 5.44. The third kappa shape index (κ3) is 13.7. The van der Waals surface area contributed by atoms with E-state index < -0.39 is 9.67 Å². The second kappa shape index (κ2) is 16.7. The van der Waals surface area contributed by atoms with Crippen molar-refractivity contribution in [3.8, 4) is 23.0 Å². The molecule has 2 aromatic carbocycles. The number of carbonyl (C=O) groups is 2. The van der Waals surface area contributed by atoms with Crippen molar-refractivity contribution >= 4 is 58.3 Å². The Kier molecular flexibility index (Phi) is 14.1. The highest BCUT2D eigenvalue weighted by atomic mass is 35.5. The molecule has 0 aliphatic rings. The lowest BCUT2D eigenvalue weighted by atomic mass is 10.2. The Morgan fingerprint density at radius 3 is 1.26 bits per heavy atom. The summed E-state index contributed by atoms with van der Waals surface area (Å²) in [4.78, 5) is 22.2. The van der Waals surface area contributed by atoms with Crippen molar-refractivity contribution in [1.29, 1.82) is 0 Å². The van der Waals surface area contributed by atoms with Crippen LogP contribution in [-0.2, 0) is 9.59 Å². The Bertz CT molecular complexity index is 814. The Morgan fingerprint density at radius 2 is 0.914 bits per heavy atom. The van der Waals surface area contributed by atoms with Crippen LogP contribution in [0.15, 0.2) is 48.5 Å². The number of unbranched alkanes of at least 4 members (excludes halogenated alkanes) is 2. The fraction of sp³-hybridized carbons (Fsp3) is 0.440. The van der Waals surface area contributed by atoms with Gasteiger partial charge in [0.05, 0.1) is 13.2 Å². The van der Waals surface area contributed by atoms with Crippen LogP contribution < -0.4 is 18.9 Å². The first-order valence-corrected chi connectivity index (χ1v) is 13.0. The van der Waals surface area contributed by atoms with Crippen LogP contribution in [0.3, 0.4) is 0 Å². The number of rotatable bonds is 16. The molecule has 0 saturated heterocycles. The summed E-state index contributed by atoms with van der Waals surface area (Å²) in [6.45, 7) is 1.14. The smallest absolute Gasteiger partial charge is 0.311 e. The van der Waals surface area contributed by atoms with E-state index >= 15 is 0 Å². The number of benzene rings is 2. The van der Waals surface area contributed by atoms with Crippen molar-refractivity contribution in [2.75, 3.05) is 13.2 Å². The average molecular weight is 566 g/mol. The van der Waals surface area contributed by atoms with E-state index in [4.69, 9.17) is 65.4 Å². The van der Waals surface area contributed by atoms with Crippen molar-refractivity contribution < 1.29 is 28.5 Å². The van der Waals surface area contributed by atoms with Crippen LogP contribution in [-0.4, -0.2) is 34.8 Å². The standard InChI is InChI=1S/C25H28Cl4O6/c26-22(27)12-14-24(30)34-20-8-4-18(5-9-20)32-16-2-1-3-17-33-19-6-10-21(11-7-19)35-25(31)15-13-23(28)29/h4-11,22-23H,1-3,12-17H2. The summed E-state index contributed by atoms with van der Waals surface area (Å²) < 4.78 is 21.8. The molecule has 0 amide bonds. The quantitative estimate of drug-likeness (QED) is 0.0920. The van der Waals surface area contributed by atoms with Crippen LogP contribution >= 0.6 is 46.4 Å². The molecule has 0 heterocycles. The second-order valence-electron chi connectivity index (χ2n) is 7.51. The Balaban J connectivity index is 1.54. The summed E-state index contributed by atoms with van der Waals surface area (Å²) in [6, 6.07) is 13.7. The van der Waals surface area contributed by atoms with Crippen molar-refractivity contribution in [2.45, 2.75) is 54.6 Å². The van der Waals surface area contributed by atoms with Crippen LogP contribution in [0.25, 0.3) is 0 Å². The SMILES string of the molecule is O=C(CCC(Cl)Cl)Oc1ccc(OCCCCCOc2ccc(OC(=O)CCC(Cl)Cl)cc2)cc1. The highest BCUT2D eigenvalue weighted by molar-refractivity contribution is 6.44. The molecule has 0 unspecified atom stereocenters. The summed E-state index contributed by atoms with van der Waals surface area (Å²) in [5, 5.41) is 0. The van der Waals surface area contributed by atoms with Gasteiger partial charge in [0.1, 0.15) is 32.7 Å². The topological polar surface area (TPSA) is 71.1 Å². The van der Waals surface area contributed by atoms with Crippen molar-refractivity contribution in [3.63, 3.8) is 0 Å². The minimum absolute atomic E-state index is 0.158. The maximum absolute atomic E-state index is 11.7. The van der Waals surface area contributed by atoms with Gasteiger partial charge in [0.2, 0.25) is 0 Å². The summed E-state index contributed by atoms with van der Waals surface area (Å²) in [5.74, 6) is 1.54. The Morgan fingerprint density at radius 1 is 0.571 bits per heavy atom. The summed E-state index contributed by atoms with van der Waals surface area (Å²) in [6.07, 6.45) is 3.70. The van der Waals surface area contributed by atoms with E-state index in [1.807, 2.05) is 0 Å². The molecule has 2 rings (SSSR count). The molecule has 0 N–H and O–H groups in total. The van der Waals surface area contributed by atoms with E-state index in [0.29, 0.717) is 49.1 Å². The van der Waals surface area contributed by atoms with Crippen LogP contribution in [0.4, 0.5) is 0 Å². The van der Waals surface area contributed by atoms with Gasteiger partial charge < -0.3 is 18.9 Å². The monoisotopic (exact) mass is 564 g/mol. The molecule has 0 atom stereocenters. The first-order valence-electron chi connectivity index (χ1n) is 11.2. The van der Waals surface area contributed by atoms with Crippen LogP contribution in [0.2, 0.25) is 0 Å². The van der Waals surface area contributed by atoms with E-state index in [2.05, 4.69) is 0 Å². The zero-order valence-corrected chi connectivity index (χ0v) is 22.1. The maximum Gasteiger partial charge on any atom is 0.311 e. The largest absolute Gasteiger partial charge is 0.494 e. The van der Waals surface area contributed by atoms with E-state index in [0.717, 1.165) is 19.3 Å². The van der Waals surface area contributed by atoms with Gasteiger partial charge in [0, 0.05) is 12.8 Å². The minimum Gasteiger partial charge on any atom is -0.494 e. The average Bonchev–Trinajstić information content (AvgIpc) is 2.83. The summed E-state index contributed by atoms with van der Waals surface area (Å²) >= 11 is 22.4. The zero-order chi connectivity index (χ0) is 25.5. The van der Waals surface area contributed by atoms with Gasteiger partial charge in [-0.1, -0.05) is 0 Å². The number of esters is 2. The van der Waals surface area contributed by atoms with Gasteiger partial charge in [0.25, 0.3) is 0 Å². The predicted molar refractivity (Wildman–Crippen MR) is 138 cm³/mol. The molecular formula is C25H28Cl4O6. The third-order valence-electron chi connectivity index (χ3n) is 4.57. The number of carbonyl (C=O) groups excluding carboxylic acids is 2. The van der Waals surface area contributed by atoms with Crippen molar-refractivity contribution in [1.82, 2.24) is 0 Å². The molecule has 192 valence electrons. The number of hydrogen-bond donors (Lipinski definition) is 0. The fourth-order valence-corrected chi connectivity index (χ4v) is 3.22. The number of ether oxygens (including phenoxy) is 4. The van der Waals surface area contributed by atoms with Gasteiger partial charge >= 0.3 is 11.9 Å². The molecule has 0 aliphatic heterocycles. The molecule has 0 aromatic heterocycles. The highest BCUT2D eigenvalue weighted by Crippen LogP contribution is 2.21. The molecule has 0 bridgehead atoms. The van der Waals surface area contributed by atoms with Gasteiger partial charge in [-0.05, 0) is 80.6 Å². The normalized spacial score (nSPS) is 10.9. The molecule has 10 heteroatoms. The van der Waals surface area contributed by atoms with Gasteiger partial charge in [-0.2, -0.15) is 0 Å². The van der Waals surface area contributed by atoms with E-state index in [-0.39, 0.29) is 24.8 Å². The molecule has 0 saturated carbocycles. The predicted octanol–water partition coefficient (Wildman–Crippen LogP) is 7.29. The van der Waals surface area contributed by atoms with Gasteiger partial charge in [-0.25, -0.2) is 0 Å². The molecule has 2 aromatic rings. The number of alkyl halides is 4. The Hall–Kier alpha value is -1.86. The zero-order valence-electron chi connectivity index (χ0n) is 19.1. The molecule has 0 radical (unpaired) electrons. The highest BCUT2D eigenvalue weighted by Gasteiger charge is 2.09. The van der Waals surface area contributed by atoms with Crippen molar-refractivity contribution in [3.05, 3.63) is 48.5 Å². The van der Waals surface area contributed by atoms with Crippen LogP contribution in [0.1, 0.15) is 44.9 Å². The van der Waals surface area contributed by atoms with Crippen LogP contribution in [0, 0.1) is 0 Å². The second-order valence-corrected chi connectivity index (χ2v) is 10.1. The maximum atomic E-state index is 11.7. The summed E-state index contributed by atoms with van der Waals surface area (Å²) in [7, 11) is 0. The molecule has 0 spiro atoms. The first kappa shape index (κ1) is 29.4. The first-order chi connectivity index (χ1) is 16.8. The van der Waals surface area contributed by atoms with E-state index in [1.165, 1.54) is 0 Å². The molecule has 6 nitrogen and oxygen atoms in total. The Labute approximate surface area is 225 Å². The fourth-order valence-electron chi connectivity index (χ4n) is 2.79. The summed E-state index contributed by atoms with van der Waals surface area (Å²) in [5.41, 5.74) is 0. The number of hydrogen-bond acceptors (Lipinski definition) is 6. The molecule has 0 fully saturated rings. The lowest BCUT2D eigenvalue weighted by Gasteiger charge is -2.09. The molecule has 35 heavy (non-hydrogen) atoms. The lowest BCUT2D eigenvalue weighted by molar-refractivity contribution is -0.135. The van der Waals surface area contributed by atoms with Crippen molar-refractivity contribution in [2.24, 2.45) is 0 Å². The molecular weight excluding hydrogens is 538 g/mol. The number of halogens is 4. The van der Waals surface area contributed by atoms with Gasteiger partial charge in [0.15, 0.2) is 0 Å².